The Bertz CT molecular complexity index is 245. The molecule has 106 valence electrons. The molecule has 2 fully saturated rings. The van der Waals surface area contributed by atoms with Crippen LogP contribution in [0.15, 0.2) is 0 Å². The van der Waals surface area contributed by atoms with E-state index in [1.54, 1.807) is 0 Å². The quantitative estimate of drug-likeness (QED) is 0.787. The highest BCUT2D eigenvalue weighted by Crippen LogP contribution is 2.27. The Morgan fingerprint density at radius 2 is 2.06 bits per heavy atom. The first-order valence-electron chi connectivity index (χ1n) is 7.80. The minimum Gasteiger partial charge on any atom is -0.380 e. The molecule has 2 saturated heterocycles. The summed E-state index contributed by atoms with van der Waals surface area (Å²) in [6.07, 6.45) is 5.52. The zero-order valence-electron chi connectivity index (χ0n) is 12.3. The summed E-state index contributed by atoms with van der Waals surface area (Å²) in [7, 11) is 0. The van der Waals surface area contributed by atoms with Crippen LogP contribution in [0.25, 0.3) is 0 Å². The van der Waals surface area contributed by atoms with Gasteiger partial charge >= 0.3 is 0 Å². The Labute approximate surface area is 112 Å². The number of hydrogen-bond donors (Lipinski definition) is 1. The van der Waals surface area contributed by atoms with Crippen molar-refractivity contribution in [1.82, 2.24) is 10.2 Å². The van der Waals surface area contributed by atoms with Gasteiger partial charge in [-0.3, -0.25) is 4.90 Å². The molecule has 0 spiro atoms. The molecule has 2 heterocycles. The number of nitrogens with one attached hydrogen (secondary N) is 1. The predicted octanol–water partition coefficient (Wildman–Crippen LogP) is 2.26. The number of piperidine rings is 1. The molecule has 2 rings (SSSR count). The first-order valence-corrected chi connectivity index (χ1v) is 7.80. The van der Waals surface area contributed by atoms with E-state index in [0.29, 0.717) is 18.0 Å². The van der Waals surface area contributed by atoms with E-state index in [-0.39, 0.29) is 0 Å². The van der Waals surface area contributed by atoms with Gasteiger partial charge in [0.05, 0.1) is 6.61 Å². The molecule has 0 aromatic heterocycles. The first-order chi connectivity index (χ1) is 8.72. The highest BCUT2D eigenvalue weighted by atomic mass is 16.5. The lowest BCUT2D eigenvalue weighted by molar-refractivity contribution is 0.0962. The van der Waals surface area contributed by atoms with Crippen LogP contribution in [-0.4, -0.2) is 49.3 Å². The molecule has 0 amide bonds. The number of hydrogen-bond acceptors (Lipinski definition) is 3. The Hall–Kier alpha value is -0.120. The summed E-state index contributed by atoms with van der Waals surface area (Å²) in [6, 6.07) is 2.00. The third-order valence-corrected chi connectivity index (χ3v) is 4.59. The summed E-state index contributed by atoms with van der Waals surface area (Å²) >= 11 is 0. The summed E-state index contributed by atoms with van der Waals surface area (Å²) in [5, 5.41) is 3.88. The molecule has 18 heavy (non-hydrogen) atoms. The molecule has 0 saturated carbocycles. The minimum atomic E-state index is 0.511. The van der Waals surface area contributed by atoms with E-state index in [2.05, 4.69) is 31.0 Å². The average Bonchev–Trinajstić information content (AvgIpc) is 2.77. The van der Waals surface area contributed by atoms with Gasteiger partial charge < -0.3 is 10.1 Å². The third-order valence-electron chi connectivity index (χ3n) is 4.59. The van der Waals surface area contributed by atoms with Gasteiger partial charge in [-0.05, 0) is 38.6 Å². The van der Waals surface area contributed by atoms with Gasteiger partial charge in [0.25, 0.3) is 0 Å². The number of nitrogens with zero attached hydrogens (tertiary/aromatic N) is 1. The summed E-state index contributed by atoms with van der Waals surface area (Å²) in [5.74, 6) is 0.647. The second-order valence-corrected chi connectivity index (χ2v) is 6.17. The molecule has 3 heteroatoms. The summed E-state index contributed by atoms with van der Waals surface area (Å²) in [4.78, 5) is 2.69. The van der Waals surface area contributed by atoms with E-state index < -0.39 is 0 Å². The van der Waals surface area contributed by atoms with Crippen molar-refractivity contribution in [3.63, 3.8) is 0 Å². The van der Waals surface area contributed by atoms with Crippen molar-refractivity contribution in [3.05, 3.63) is 0 Å². The fourth-order valence-electron chi connectivity index (χ4n) is 3.39. The standard InChI is InChI=1S/C15H30N2O/c1-4-18-11-14(12(2)3)16-13-8-10-17-9-6-5-7-15(13)17/h12-16H,4-11H2,1-3H3. The molecule has 0 aliphatic carbocycles. The lowest BCUT2D eigenvalue weighted by atomic mass is 9.96. The number of rotatable bonds is 6. The van der Waals surface area contributed by atoms with Crippen molar-refractivity contribution >= 4 is 0 Å². The molecule has 3 unspecified atom stereocenters. The van der Waals surface area contributed by atoms with Crippen molar-refractivity contribution in [2.75, 3.05) is 26.3 Å². The van der Waals surface area contributed by atoms with Crippen LogP contribution in [0.2, 0.25) is 0 Å². The van der Waals surface area contributed by atoms with Crippen LogP contribution in [0, 0.1) is 5.92 Å². The van der Waals surface area contributed by atoms with Gasteiger partial charge in [-0.1, -0.05) is 20.3 Å². The maximum Gasteiger partial charge on any atom is 0.0622 e. The largest absolute Gasteiger partial charge is 0.380 e. The van der Waals surface area contributed by atoms with E-state index in [0.717, 1.165) is 19.3 Å². The molecular weight excluding hydrogens is 224 g/mol. The van der Waals surface area contributed by atoms with E-state index in [4.69, 9.17) is 4.74 Å². The van der Waals surface area contributed by atoms with E-state index in [9.17, 15) is 0 Å². The Morgan fingerprint density at radius 3 is 2.78 bits per heavy atom. The van der Waals surface area contributed by atoms with Gasteiger partial charge in [0, 0.05) is 31.3 Å². The average molecular weight is 254 g/mol. The second kappa shape index (κ2) is 6.88. The normalized spacial score (nSPS) is 30.7. The highest BCUT2D eigenvalue weighted by molar-refractivity contribution is 4.95. The van der Waals surface area contributed by atoms with E-state index >= 15 is 0 Å². The minimum absolute atomic E-state index is 0.511. The summed E-state index contributed by atoms with van der Waals surface area (Å²) in [6.45, 7) is 11.0. The fourth-order valence-corrected chi connectivity index (χ4v) is 3.39. The SMILES string of the molecule is CCOCC(NC1CCN2CCCCC12)C(C)C. The zero-order chi connectivity index (χ0) is 13.0. The first kappa shape index (κ1) is 14.3. The van der Waals surface area contributed by atoms with Gasteiger partial charge in [-0.25, -0.2) is 0 Å². The smallest absolute Gasteiger partial charge is 0.0622 e. The van der Waals surface area contributed by atoms with Crippen molar-refractivity contribution in [2.45, 2.75) is 64.6 Å². The van der Waals surface area contributed by atoms with Crippen LogP contribution in [0.4, 0.5) is 0 Å². The molecule has 1 N–H and O–H groups in total. The van der Waals surface area contributed by atoms with Crippen molar-refractivity contribution in [3.8, 4) is 0 Å². The Kier molecular flexibility index (Phi) is 5.46. The molecule has 2 aliphatic heterocycles. The maximum absolute atomic E-state index is 5.63. The number of fused-ring (bicyclic) bond motifs is 1. The topological polar surface area (TPSA) is 24.5 Å². The lowest BCUT2D eigenvalue weighted by Crippen LogP contribution is -2.51. The summed E-state index contributed by atoms with van der Waals surface area (Å²) in [5.41, 5.74) is 0. The van der Waals surface area contributed by atoms with Gasteiger partial charge in [0.2, 0.25) is 0 Å². The number of ether oxygens (including phenoxy) is 1. The second-order valence-electron chi connectivity index (χ2n) is 6.17. The van der Waals surface area contributed by atoms with Gasteiger partial charge in [-0.15, -0.1) is 0 Å². The summed E-state index contributed by atoms with van der Waals surface area (Å²) < 4.78 is 5.63. The fraction of sp³-hybridized carbons (Fsp3) is 1.00. The van der Waals surface area contributed by atoms with Crippen LogP contribution in [0.1, 0.15) is 46.5 Å². The van der Waals surface area contributed by atoms with Gasteiger partial charge in [-0.2, -0.15) is 0 Å². The van der Waals surface area contributed by atoms with Crippen molar-refractivity contribution in [2.24, 2.45) is 5.92 Å². The lowest BCUT2D eigenvalue weighted by Gasteiger charge is -2.35. The predicted molar refractivity (Wildman–Crippen MR) is 75.9 cm³/mol. The van der Waals surface area contributed by atoms with E-state index in [1.807, 2.05) is 0 Å². The van der Waals surface area contributed by atoms with Crippen LogP contribution in [-0.2, 0) is 4.74 Å². The molecule has 3 atom stereocenters. The monoisotopic (exact) mass is 254 g/mol. The molecule has 0 aromatic carbocycles. The van der Waals surface area contributed by atoms with Crippen molar-refractivity contribution < 1.29 is 4.74 Å². The molecular formula is C15H30N2O. The molecule has 0 radical (unpaired) electrons. The zero-order valence-corrected chi connectivity index (χ0v) is 12.3. The van der Waals surface area contributed by atoms with E-state index in [1.165, 1.54) is 38.8 Å². The van der Waals surface area contributed by atoms with Crippen LogP contribution >= 0.6 is 0 Å². The van der Waals surface area contributed by atoms with Crippen LogP contribution < -0.4 is 5.32 Å². The molecule has 0 aromatic rings. The maximum atomic E-state index is 5.63. The van der Waals surface area contributed by atoms with Crippen LogP contribution in [0.3, 0.4) is 0 Å². The van der Waals surface area contributed by atoms with Gasteiger partial charge in [0.1, 0.15) is 0 Å². The molecule has 2 aliphatic rings. The third kappa shape index (κ3) is 3.46. The highest BCUT2D eigenvalue weighted by Gasteiger charge is 2.36. The Balaban J connectivity index is 1.86. The van der Waals surface area contributed by atoms with Crippen molar-refractivity contribution in [1.29, 1.82) is 0 Å². The van der Waals surface area contributed by atoms with Crippen LogP contribution in [0.5, 0.6) is 0 Å². The molecule has 3 nitrogen and oxygen atoms in total. The van der Waals surface area contributed by atoms with Gasteiger partial charge in [0.15, 0.2) is 0 Å². The Morgan fingerprint density at radius 1 is 1.22 bits per heavy atom. The molecule has 0 bridgehead atoms.